The summed E-state index contributed by atoms with van der Waals surface area (Å²) in [7, 11) is 0. The Balaban J connectivity index is 1.33. The number of hydrogen-bond donors (Lipinski definition) is 2. The van der Waals surface area contributed by atoms with Gasteiger partial charge in [0.15, 0.2) is 0 Å². The van der Waals surface area contributed by atoms with Gasteiger partial charge in [0, 0.05) is 32.2 Å². The van der Waals surface area contributed by atoms with Crippen LogP contribution in [0.3, 0.4) is 0 Å². The molecule has 134 valence electrons. The highest BCUT2D eigenvalue weighted by molar-refractivity contribution is 5.15. The van der Waals surface area contributed by atoms with Crippen LogP contribution in [0.5, 0.6) is 0 Å². The van der Waals surface area contributed by atoms with Gasteiger partial charge in [-0.25, -0.2) is 0 Å². The molecule has 1 aromatic carbocycles. The standard InChI is InChI=1S/C21H28N2O2/c1-21(24,20-8-5-11-25-20)15-22-19-10-9-17-13-23(14-18(17)19)12-16-6-3-2-4-7-16/h2-8,11,17-19,22,24H,9-10,12-15H2,1H3/t17-,18-,19-,21+/m1/s1. The minimum atomic E-state index is -0.954. The zero-order valence-corrected chi connectivity index (χ0v) is 14.9. The van der Waals surface area contributed by atoms with Crippen LogP contribution in [0.15, 0.2) is 53.1 Å². The van der Waals surface area contributed by atoms with E-state index in [-0.39, 0.29) is 0 Å². The van der Waals surface area contributed by atoms with E-state index in [1.165, 1.54) is 24.9 Å². The van der Waals surface area contributed by atoms with Crippen molar-refractivity contribution in [2.75, 3.05) is 19.6 Å². The molecule has 1 saturated heterocycles. The third-order valence-electron chi connectivity index (χ3n) is 5.94. The average Bonchev–Trinajstić information content (AvgIpc) is 3.32. The van der Waals surface area contributed by atoms with Crippen molar-refractivity contribution in [3.05, 3.63) is 60.1 Å². The van der Waals surface area contributed by atoms with Crippen molar-refractivity contribution in [3.63, 3.8) is 0 Å². The molecule has 0 bridgehead atoms. The first kappa shape index (κ1) is 16.8. The van der Waals surface area contributed by atoms with Gasteiger partial charge in [-0.1, -0.05) is 30.3 Å². The first-order valence-electron chi connectivity index (χ1n) is 9.38. The molecule has 1 aliphatic heterocycles. The average molecular weight is 340 g/mol. The molecular formula is C21H28N2O2. The summed E-state index contributed by atoms with van der Waals surface area (Å²) in [5.74, 6) is 2.11. The Morgan fingerprint density at radius 1 is 1.16 bits per heavy atom. The highest BCUT2D eigenvalue weighted by Crippen LogP contribution is 2.39. The molecule has 2 aromatic rings. The second-order valence-electron chi connectivity index (χ2n) is 7.92. The summed E-state index contributed by atoms with van der Waals surface area (Å²) in [6, 6.07) is 14.9. The van der Waals surface area contributed by atoms with Gasteiger partial charge in [-0.2, -0.15) is 0 Å². The van der Waals surface area contributed by atoms with E-state index in [4.69, 9.17) is 4.42 Å². The van der Waals surface area contributed by atoms with Crippen molar-refractivity contribution < 1.29 is 9.52 Å². The maximum atomic E-state index is 10.7. The fourth-order valence-corrected chi connectivity index (χ4v) is 4.58. The number of rotatable bonds is 6. The van der Waals surface area contributed by atoms with Crippen molar-refractivity contribution in [1.29, 1.82) is 0 Å². The van der Waals surface area contributed by atoms with E-state index in [2.05, 4.69) is 40.5 Å². The summed E-state index contributed by atoms with van der Waals surface area (Å²) in [6.07, 6.45) is 4.12. The molecule has 4 nitrogen and oxygen atoms in total. The SMILES string of the molecule is C[C@](O)(CN[C@@H]1CC[C@@H]2CN(Cc3ccccc3)C[C@H]21)c1ccco1. The number of benzene rings is 1. The minimum absolute atomic E-state index is 0.493. The fraction of sp³-hybridized carbons (Fsp3) is 0.524. The number of nitrogens with one attached hydrogen (secondary N) is 1. The lowest BCUT2D eigenvalue weighted by atomic mass is 9.96. The first-order chi connectivity index (χ1) is 12.1. The monoisotopic (exact) mass is 340 g/mol. The molecule has 2 fully saturated rings. The largest absolute Gasteiger partial charge is 0.466 e. The second-order valence-corrected chi connectivity index (χ2v) is 7.92. The van der Waals surface area contributed by atoms with Crippen LogP contribution in [0.2, 0.25) is 0 Å². The number of likely N-dealkylation sites (tertiary alicyclic amines) is 1. The maximum absolute atomic E-state index is 10.7. The topological polar surface area (TPSA) is 48.6 Å². The predicted molar refractivity (Wildman–Crippen MR) is 98.0 cm³/mol. The molecular weight excluding hydrogens is 312 g/mol. The molecule has 0 unspecified atom stereocenters. The van der Waals surface area contributed by atoms with Crippen LogP contribution in [0, 0.1) is 11.8 Å². The van der Waals surface area contributed by atoms with Crippen molar-refractivity contribution in [3.8, 4) is 0 Å². The van der Waals surface area contributed by atoms with Crippen LogP contribution in [0.1, 0.15) is 31.1 Å². The fourth-order valence-electron chi connectivity index (χ4n) is 4.58. The van der Waals surface area contributed by atoms with E-state index in [0.29, 0.717) is 24.3 Å². The van der Waals surface area contributed by atoms with Crippen LogP contribution >= 0.6 is 0 Å². The Hall–Kier alpha value is -1.62. The Morgan fingerprint density at radius 3 is 2.76 bits per heavy atom. The van der Waals surface area contributed by atoms with Crippen molar-refractivity contribution in [2.24, 2.45) is 11.8 Å². The van der Waals surface area contributed by atoms with Crippen LogP contribution in [-0.4, -0.2) is 35.7 Å². The van der Waals surface area contributed by atoms with Gasteiger partial charge in [-0.3, -0.25) is 4.90 Å². The van der Waals surface area contributed by atoms with Crippen LogP contribution in [-0.2, 0) is 12.1 Å². The molecule has 4 heteroatoms. The number of aliphatic hydroxyl groups is 1. The summed E-state index contributed by atoms with van der Waals surface area (Å²) in [4.78, 5) is 2.59. The smallest absolute Gasteiger partial charge is 0.136 e. The van der Waals surface area contributed by atoms with Crippen molar-refractivity contribution in [1.82, 2.24) is 10.2 Å². The second kappa shape index (κ2) is 6.94. The van der Waals surface area contributed by atoms with E-state index >= 15 is 0 Å². The van der Waals surface area contributed by atoms with Crippen LogP contribution < -0.4 is 5.32 Å². The molecule has 0 spiro atoms. The Morgan fingerprint density at radius 2 is 2.00 bits per heavy atom. The van der Waals surface area contributed by atoms with Crippen molar-refractivity contribution >= 4 is 0 Å². The third kappa shape index (κ3) is 3.66. The van der Waals surface area contributed by atoms with Crippen LogP contribution in [0.4, 0.5) is 0 Å². The summed E-state index contributed by atoms with van der Waals surface area (Å²) in [5.41, 5.74) is 0.442. The van der Waals surface area contributed by atoms with Gasteiger partial charge in [0.25, 0.3) is 0 Å². The lowest BCUT2D eigenvalue weighted by Gasteiger charge is -2.27. The highest BCUT2D eigenvalue weighted by Gasteiger charge is 2.43. The van der Waals surface area contributed by atoms with Crippen LogP contribution in [0.25, 0.3) is 0 Å². The number of fused-ring (bicyclic) bond motifs is 1. The summed E-state index contributed by atoms with van der Waals surface area (Å²) in [5, 5.41) is 14.3. The zero-order chi connectivity index (χ0) is 17.3. The van der Waals surface area contributed by atoms with Crippen molar-refractivity contribution in [2.45, 2.75) is 38.0 Å². The van der Waals surface area contributed by atoms with E-state index in [1.807, 2.05) is 19.1 Å². The lowest BCUT2D eigenvalue weighted by Crippen LogP contribution is -2.43. The zero-order valence-electron chi connectivity index (χ0n) is 14.9. The molecule has 4 atom stereocenters. The number of furan rings is 1. The molecule has 1 aromatic heterocycles. The summed E-state index contributed by atoms with van der Waals surface area (Å²) < 4.78 is 5.39. The van der Waals surface area contributed by atoms with E-state index in [1.54, 1.807) is 6.26 Å². The maximum Gasteiger partial charge on any atom is 0.136 e. The summed E-state index contributed by atoms with van der Waals surface area (Å²) in [6.45, 7) is 5.76. The normalized spacial score (nSPS) is 28.8. The molecule has 2 N–H and O–H groups in total. The Bertz CT molecular complexity index is 668. The molecule has 2 heterocycles. The molecule has 1 saturated carbocycles. The van der Waals surface area contributed by atoms with Gasteiger partial charge < -0.3 is 14.8 Å². The quantitative estimate of drug-likeness (QED) is 0.849. The summed E-state index contributed by atoms with van der Waals surface area (Å²) >= 11 is 0. The van der Waals surface area contributed by atoms with E-state index in [0.717, 1.165) is 19.0 Å². The predicted octanol–water partition coefficient (Wildman–Crippen LogP) is 2.99. The van der Waals surface area contributed by atoms with Gasteiger partial charge in [0.2, 0.25) is 0 Å². The van der Waals surface area contributed by atoms with Gasteiger partial charge in [-0.15, -0.1) is 0 Å². The molecule has 2 aliphatic rings. The molecule has 0 amide bonds. The third-order valence-corrected chi connectivity index (χ3v) is 5.94. The van der Waals surface area contributed by atoms with E-state index < -0.39 is 5.60 Å². The molecule has 0 radical (unpaired) electrons. The molecule has 4 rings (SSSR count). The minimum Gasteiger partial charge on any atom is -0.466 e. The lowest BCUT2D eigenvalue weighted by molar-refractivity contribution is 0.0301. The first-order valence-corrected chi connectivity index (χ1v) is 9.38. The Kier molecular flexibility index (Phi) is 4.67. The van der Waals surface area contributed by atoms with Gasteiger partial charge in [-0.05, 0) is 49.3 Å². The highest BCUT2D eigenvalue weighted by atomic mass is 16.4. The van der Waals surface area contributed by atoms with E-state index in [9.17, 15) is 5.11 Å². The van der Waals surface area contributed by atoms with Gasteiger partial charge in [0.1, 0.15) is 11.4 Å². The molecule has 1 aliphatic carbocycles. The number of nitrogens with zero attached hydrogens (tertiary/aromatic N) is 1. The number of hydrogen-bond acceptors (Lipinski definition) is 4. The Labute approximate surface area is 149 Å². The molecule has 25 heavy (non-hydrogen) atoms. The van der Waals surface area contributed by atoms with Gasteiger partial charge in [0.05, 0.1) is 6.26 Å². The van der Waals surface area contributed by atoms with Gasteiger partial charge >= 0.3 is 0 Å².